The first-order valence-corrected chi connectivity index (χ1v) is 6.58. The first-order chi connectivity index (χ1) is 9.36. The minimum absolute atomic E-state index is 0.0725. The molecule has 0 aliphatic heterocycles. The van der Waals surface area contributed by atoms with Crippen LogP contribution in [0.2, 0.25) is 0 Å². The van der Waals surface area contributed by atoms with Crippen LogP contribution in [0.15, 0.2) is 42.7 Å². The van der Waals surface area contributed by atoms with E-state index in [-0.39, 0.29) is 6.04 Å². The van der Waals surface area contributed by atoms with Gasteiger partial charge in [-0.3, -0.25) is 0 Å². The van der Waals surface area contributed by atoms with Gasteiger partial charge >= 0.3 is 0 Å². The maximum atomic E-state index is 5.71. The minimum atomic E-state index is 0.0725. The SMILES string of the molecule is CCNC(c1ccnnc1)c1ccccc1OCC. The van der Waals surface area contributed by atoms with E-state index in [4.69, 9.17) is 4.74 Å². The predicted octanol–water partition coefficient (Wildman–Crippen LogP) is 2.57. The summed E-state index contributed by atoms with van der Waals surface area (Å²) in [7, 11) is 0. The molecule has 1 heterocycles. The van der Waals surface area contributed by atoms with Crippen molar-refractivity contribution in [3.63, 3.8) is 0 Å². The van der Waals surface area contributed by atoms with Crippen LogP contribution < -0.4 is 10.1 Å². The van der Waals surface area contributed by atoms with Gasteiger partial charge in [-0.25, -0.2) is 0 Å². The van der Waals surface area contributed by atoms with Gasteiger partial charge in [-0.15, -0.1) is 0 Å². The van der Waals surface area contributed by atoms with Gasteiger partial charge in [-0.05, 0) is 31.2 Å². The Kier molecular flexibility index (Phi) is 4.86. The van der Waals surface area contributed by atoms with Crippen molar-refractivity contribution in [1.29, 1.82) is 0 Å². The average Bonchev–Trinajstić information content (AvgIpc) is 2.47. The zero-order valence-corrected chi connectivity index (χ0v) is 11.3. The number of aromatic nitrogens is 2. The third-order valence-electron chi connectivity index (χ3n) is 2.88. The number of hydrogen-bond acceptors (Lipinski definition) is 4. The lowest BCUT2D eigenvalue weighted by molar-refractivity contribution is 0.333. The summed E-state index contributed by atoms with van der Waals surface area (Å²) in [5.74, 6) is 0.910. The molecular weight excluding hydrogens is 238 g/mol. The van der Waals surface area contributed by atoms with Gasteiger partial charge in [0.1, 0.15) is 5.75 Å². The van der Waals surface area contributed by atoms with Gasteiger partial charge in [-0.1, -0.05) is 25.1 Å². The number of hydrogen-bond donors (Lipinski definition) is 1. The highest BCUT2D eigenvalue weighted by Crippen LogP contribution is 2.29. The summed E-state index contributed by atoms with van der Waals surface area (Å²) in [6, 6.07) is 10.1. The molecule has 0 aliphatic rings. The molecule has 0 amide bonds. The molecule has 4 nitrogen and oxygen atoms in total. The largest absolute Gasteiger partial charge is 0.494 e. The van der Waals surface area contributed by atoms with Crippen molar-refractivity contribution in [3.8, 4) is 5.75 Å². The molecule has 1 N–H and O–H groups in total. The molecule has 100 valence electrons. The molecule has 2 aromatic rings. The second-order valence-corrected chi connectivity index (χ2v) is 4.14. The molecule has 1 aromatic carbocycles. The standard InChI is InChI=1S/C15H19N3O/c1-3-16-15(12-9-10-17-18-11-12)13-7-5-6-8-14(13)19-4-2/h5-11,15-16H,3-4H2,1-2H3. The van der Waals surface area contributed by atoms with E-state index < -0.39 is 0 Å². The maximum absolute atomic E-state index is 5.71. The molecule has 4 heteroatoms. The molecule has 0 aliphatic carbocycles. The van der Waals surface area contributed by atoms with Crippen LogP contribution in [0.3, 0.4) is 0 Å². The van der Waals surface area contributed by atoms with Crippen LogP contribution in [-0.2, 0) is 0 Å². The molecule has 0 radical (unpaired) electrons. The van der Waals surface area contributed by atoms with E-state index in [1.165, 1.54) is 0 Å². The molecule has 1 unspecified atom stereocenters. The molecular formula is C15H19N3O. The number of ether oxygens (including phenoxy) is 1. The fraction of sp³-hybridized carbons (Fsp3) is 0.333. The Balaban J connectivity index is 2.39. The van der Waals surface area contributed by atoms with Gasteiger partial charge < -0.3 is 10.1 Å². The van der Waals surface area contributed by atoms with Crippen LogP contribution in [0, 0.1) is 0 Å². The molecule has 0 fully saturated rings. The molecule has 1 atom stereocenters. The Morgan fingerprint density at radius 2 is 2.00 bits per heavy atom. The van der Waals surface area contributed by atoms with Crippen molar-refractivity contribution in [3.05, 3.63) is 53.9 Å². The van der Waals surface area contributed by atoms with Crippen molar-refractivity contribution in [2.75, 3.05) is 13.2 Å². The first kappa shape index (κ1) is 13.5. The fourth-order valence-electron chi connectivity index (χ4n) is 2.09. The summed E-state index contributed by atoms with van der Waals surface area (Å²) >= 11 is 0. The highest BCUT2D eigenvalue weighted by atomic mass is 16.5. The van der Waals surface area contributed by atoms with E-state index >= 15 is 0 Å². The van der Waals surface area contributed by atoms with Gasteiger partial charge in [0.2, 0.25) is 0 Å². The quantitative estimate of drug-likeness (QED) is 0.864. The molecule has 19 heavy (non-hydrogen) atoms. The normalized spacial score (nSPS) is 12.1. The van der Waals surface area contributed by atoms with Crippen molar-refractivity contribution in [2.24, 2.45) is 0 Å². The molecule has 2 rings (SSSR count). The molecule has 0 saturated carbocycles. The summed E-state index contributed by atoms with van der Waals surface area (Å²) in [6.45, 7) is 5.61. The van der Waals surface area contributed by atoms with E-state index in [1.54, 1.807) is 12.4 Å². The van der Waals surface area contributed by atoms with Crippen molar-refractivity contribution >= 4 is 0 Å². The monoisotopic (exact) mass is 257 g/mol. The Morgan fingerprint density at radius 1 is 1.16 bits per heavy atom. The zero-order valence-electron chi connectivity index (χ0n) is 11.3. The van der Waals surface area contributed by atoms with Gasteiger partial charge in [-0.2, -0.15) is 10.2 Å². The summed E-state index contributed by atoms with van der Waals surface area (Å²) in [5, 5.41) is 11.3. The van der Waals surface area contributed by atoms with Gasteiger partial charge in [0, 0.05) is 11.8 Å². The van der Waals surface area contributed by atoms with E-state index in [0.29, 0.717) is 6.61 Å². The number of nitrogens with one attached hydrogen (secondary N) is 1. The highest BCUT2D eigenvalue weighted by Gasteiger charge is 2.17. The van der Waals surface area contributed by atoms with E-state index in [0.717, 1.165) is 23.4 Å². The lowest BCUT2D eigenvalue weighted by Crippen LogP contribution is -2.22. The Hall–Kier alpha value is -1.94. The third kappa shape index (κ3) is 3.29. The van der Waals surface area contributed by atoms with Crippen LogP contribution in [0.4, 0.5) is 0 Å². The Morgan fingerprint density at radius 3 is 2.68 bits per heavy atom. The molecule has 1 aromatic heterocycles. The molecule has 0 spiro atoms. The lowest BCUT2D eigenvalue weighted by Gasteiger charge is -2.21. The average molecular weight is 257 g/mol. The van der Waals surface area contributed by atoms with Crippen LogP contribution in [0.25, 0.3) is 0 Å². The number of benzene rings is 1. The highest BCUT2D eigenvalue weighted by molar-refractivity contribution is 5.40. The summed E-state index contributed by atoms with van der Waals surface area (Å²) in [5.41, 5.74) is 2.21. The second-order valence-electron chi connectivity index (χ2n) is 4.14. The molecule has 0 saturated heterocycles. The minimum Gasteiger partial charge on any atom is -0.494 e. The van der Waals surface area contributed by atoms with Gasteiger partial charge in [0.05, 0.1) is 18.8 Å². The number of nitrogens with zero attached hydrogens (tertiary/aromatic N) is 2. The van der Waals surface area contributed by atoms with Crippen molar-refractivity contribution < 1.29 is 4.74 Å². The summed E-state index contributed by atoms with van der Waals surface area (Å²) in [4.78, 5) is 0. The number of rotatable bonds is 6. The van der Waals surface area contributed by atoms with Crippen LogP contribution in [0.5, 0.6) is 5.75 Å². The smallest absolute Gasteiger partial charge is 0.124 e. The fourth-order valence-corrected chi connectivity index (χ4v) is 2.09. The van der Waals surface area contributed by atoms with E-state index in [1.807, 2.05) is 31.2 Å². The first-order valence-electron chi connectivity index (χ1n) is 6.58. The predicted molar refractivity (Wildman–Crippen MR) is 75.2 cm³/mol. The van der Waals surface area contributed by atoms with Crippen molar-refractivity contribution in [2.45, 2.75) is 19.9 Å². The van der Waals surface area contributed by atoms with Crippen LogP contribution in [-0.4, -0.2) is 23.3 Å². The van der Waals surface area contributed by atoms with Crippen molar-refractivity contribution in [1.82, 2.24) is 15.5 Å². The lowest BCUT2D eigenvalue weighted by atomic mass is 9.99. The zero-order chi connectivity index (χ0) is 13.5. The molecule has 0 bridgehead atoms. The summed E-state index contributed by atoms with van der Waals surface area (Å²) in [6.07, 6.45) is 3.50. The van der Waals surface area contributed by atoms with Crippen LogP contribution >= 0.6 is 0 Å². The number of para-hydroxylation sites is 1. The Labute approximate surface area is 113 Å². The Bertz CT molecular complexity index is 502. The van der Waals surface area contributed by atoms with E-state index in [9.17, 15) is 0 Å². The topological polar surface area (TPSA) is 47.0 Å². The third-order valence-corrected chi connectivity index (χ3v) is 2.88. The summed E-state index contributed by atoms with van der Waals surface area (Å²) < 4.78 is 5.71. The second kappa shape index (κ2) is 6.85. The van der Waals surface area contributed by atoms with Crippen LogP contribution in [0.1, 0.15) is 31.0 Å². The van der Waals surface area contributed by atoms with Gasteiger partial charge in [0.15, 0.2) is 0 Å². The van der Waals surface area contributed by atoms with Gasteiger partial charge in [0.25, 0.3) is 0 Å². The maximum Gasteiger partial charge on any atom is 0.124 e. The van der Waals surface area contributed by atoms with E-state index in [2.05, 4.69) is 28.5 Å².